The molecule has 5 N–H and O–H groups in total. The molecule has 18 heavy (non-hydrogen) atoms. The van der Waals surface area contributed by atoms with Gasteiger partial charge >= 0.3 is 0 Å². The molecule has 0 aliphatic carbocycles. The number of carbonyl (C=O) groups excluding carboxylic acids is 1. The number of hydrogen-bond acceptors (Lipinski definition) is 4. The van der Waals surface area contributed by atoms with Gasteiger partial charge in [-0.3, -0.25) is 4.79 Å². The molecule has 0 fully saturated rings. The normalized spacial score (nSPS) is 12.2. The van der Waals surface area contributed by atoms with Crippen molar-refractivity contribution in [2.24, 2.45) is 5.73 Å². The maximum atomic E-state index is 11.4. The second kappa shape index (κ2) is 5.93. The maximum absolute atomic E-state index is 11.4. The molecule has 0 spiro atoms. The molecule has 1 aromatic rings. The molecule has 0 heterocycles. The largest absolute Gasteiger partial charge is 0.399 e. The number of amides is 1. The van der Waals surface area contributed by atoms with E-state index in [1.165, 1.54) is 6.07 Å². The number of aliphatic hydroxyl groups is 1. The van der Waals surface area contributed by atoms with Gasteiger partial charge in [0.1, 0.15) is 0 Å². The minimum Gasteiger partial charge on any atom is -0.399 e. The Morgan fingerprint density at radius 2 is 2.17 bits per heavy atom. The molecule has 0 saturated heterocycles. The lowest BCUT2D eigenvalue weighted by Crippen LogP contribution is -2.25. The van der Waals surface area contributed by atoms with Gasteiger partial charge in [0.05, 0.1) is 22.4 Å². The molecule has 0 radical (unpaired) electrons. The molecule has 100 valence electrons. The summed E-state index contributed by atoms with van der Waals surface area (Å²) >= 11 is 6.10. The van der Waals surface area contributed by atoms with Crippen LogP contribution in [0, 0.1) is 0 Å². The van der Waals surface area contributed by atoms with E-state index in [0.717, 1.165) is 0 Å². The first-order valence-electron chi connectivity index (χ1n) is 5.61. The summed E-state index contributed by atoms with van der Waals surface area (Å²) in [5.74, 6) is -0.580. The van der Waals surface area contributed by atoms with Crippen molar-refractivity contribution in [2.75, 3.05) is 24.2 Å². The molecule has 1 atom stereocenters. The van der Waals surface area contributed by atoms with E-state index in [-0.39, 0.29) is 5.56 Å². The highest BCUT2D eigenvalue weighted by Crippen LogP contribution is 2.31. The number of carbonyl (C=O) groups is 1. The lowest BCUT2D eigenvalue weighted by molar-refractivity contribution is 0.100. The molecule has 5 nitrogen and oxygen atoms in total. The lowest BCUT2D eigenvalue weighted by atomic mass is 10.1. The van der Waals surface area contributed by atoms with Crippen LogP contribution in [0.5, 0.6) is 0 Å². The van der Waals surface area contributed by atoms with Gasteiger partial charge in [-0.05, 0) is 25.5 Å². The van der Waals surface area contributed by atoms with Gasteiger partial charge in [0.2, 0.25) is 0 Å². The third-order valence-corrected chi connectivity index (χ3v) is 2.90. The second-order valence-electron chi connectivity index (χ2n) is 4.32. The minimum atomic E-state index is -0.580. The molecule has 1 amide bonds. The Labute approximate surface area is 111 Å². The average Bonchev–Trinajstić information content (AvgIpc) is 2.24. The molecule has 0 bridgehead atoms. The van der Waals surface area contributed by atoms with E-state index in [9.17, 15) is 9.90 Å². The monoisotopic (exact) mass is 271 g/mol. The highest BCUT2D eigenvalue weighted by Gasteiger charge is 2.17. The molecule has 6 heteroatoms. The van der Waals surface area contributed by atoms with E-state index in [4.69, 9.17) is 23.1 Å². The smallest absolute Gasteiger partial charge is 0.250 e. The SMILES string of the molecule is CC(O)CCN(C)c1c(Cl)cc(N)cc1C(N)=O. The van der Waals surface area contributed by atoms with E-state index in [1.807, 2.05) is 0 Å². The third kappa shape index (κ3) is 3.51. The first-order valence-corrected chi connectivity index (χ1v) is 5.98. The van der Waals surface area contributed by atoms with Crippen LogP contribution >= 0.6 is 11.6 Å². The fraction of sp³-hybridized carbons (Fsp3) is 0.417. The second-order valence-corrected chi connectivity index (χ2v) is 4.73. The first kappa shape index (κ1) is 14.6. The van der Waals surface area contributed by atoms with Gasteiger partial charge in [-0.15, -0.1) is 0 Å². The van der Waals surface area contributed by atoms with Crippen LogP contribution in [0.2, 0.25) is 5.02 Å². The molecular formula is C12H18ClN3O2. The molecule has 0 aromatic heterocycles. The zero-order chi connectivity index (χ0) is 13.9. The van der Waals surface area contributed by atoms with E-state index in [0.29, 0.717) is 29.4 Å². The topological polar surface area (TPSA) is 92.6 Å². The fourth-order valence-electron chi connectivity index (χ4n) is 1.69. The lowest BCUT2D eigenvalue weighted by Gasteiger charge is -2.23. The Kier molecular flexibility index (Phi) is 4.81. The van der Waals surface area contributed by atoms with Crippen LogP contribution in [-0.2, 0) is 0 Å². The number of primary amides is 1. The number of benzene rings is 1. The number of nitrogens with two attached hydrogens (primary N) is 2. The van der Waals surface area contributed by atoms with Crippen LogP contribution in [0.15, 0.2) is 12.1 Å². The van der Waals surface area contributed by atoms with Gasteiger partial charge in [-0.2, -0.15) is 0 Å². The zero-order valence-electron chi connectivity index (χ0n) is 10.5. The minimum absolute atomic E-state index is 0.285. The molecule has 0 saturated carbocycles. The Morgan fingerprint density at radius 3 is 2.67 bits per heavy atom. The van der Waals surface area contributed by atoms with Crippen molar-refractivity contribution in [2.45, 2.75) is 19.4 Å². The van der Waals surface area contributed by atoms with Crippen molar-refractivity contribution < 1.29 is 9.90 Å². The van der Waals surface area contributed by atoms with E-state index < -0.39 is 12.0 Å². The summed E-state index contributed by atoms with van der Waals surface area (Å²) in [6.07, 6.45) is 0.145. The van der Waals surface area contributed by atoms with Crippen molar-refractivity contribution in [3.05, 3.63) is 22.7 Å². The van der Waals surface area contributed by atoms with Crippen molar-refractivity contribution in [3.63, 3.8) is 0 Å². The highest BCUT2D eigenvalue weighted by atomic mass is 35.5. The summed E-state index contributed by atoms with van der Waals surface area (Å²) < 4.78 is 0. The van der Waals surface area contributed by atoms with Crippen LogP contribution in [0.3, 0.4) is 0 Å². The Balaban J connectivity index is 3.09. The van der Waals surface area contributed by atoms with Crippen LogP contribution in [0.25, 0.3) is 0 Å². The quantitative estimate of drug-likeness (QED) is 0.702. The van der Waals surface area contributed by atoms with Gasteiger partial charge in [0.15, 0.2) is 0 Å². The number of nitrogen functional groups attached to an aromatic ring is 1. The Morgan fingerprint density at radius 1 is 1.56 bits per heavy atom. The third-order valence-electron chi connectivity index (χ3n) is 2.62. The summed E-state index contributed by atoms with van der Waals surface area (Å²) in [5.41, 5.74) is 12.2. The van der Waals surface area contributed by atoms with Gasteiger partial charge in [0, 0.05) is 19.3 Å². The predicted octanol–water partition coefficient (Wildman–Crippen LogP) is 1.23. The predicted molar refractivity (Wildman–Crippen MR) is 74.0 cm³/mol. The van der Waals surface area contributed by atoms with Crippen molar-refractivity contribution >= 4 is 28.9 Å². The number of hydrogen-bond donors (Lipinski definition) is 3. The zero-order valence-corrected chi connectivity index (χ0v) is 11.2. The Hall–Kier alpha value is -1.46. The van der Waals surface area contributed by atoms with Gasteiger partial charge in [0.25, 0.3) is 5.91 Å². The summed E-state index contributed by atoms with van der Waals surface area (Å²) in [7, 11) is 1.78. The van der Waals surface area contributed by atoms with Gasteiger partial charge in [-0.25, -0.2) is 0 Å². The fourth-order valence-corrected chi connectivity index (χ4v) is 2.06. The molecule has 0 aliphatic heterocycles. The van der Waals surface area contributed by atoms with Crippen LogP contribution in [-0.4, -0.2) is 30.7 Å². The standard InChI is InChI=1S/C12H18ClN3O2/c1-7(17)3-4-16(2)11-9(12(15)18)5-8(14)6-10(11)13/h5-7,17H,3-4,14H2,1-2H3,(H2,15,18). The molecule has 1 rings (SSSR count). The number of anilines is 2. The molecule has 1 aromatic carbocycles. The summed E-state index contributed by atoms with van der Waals surface area (Å²) in [5, 5.41) is 9.64. The van der Waals surface area contributed by atoms with Crippen LogP contribution < -0.4 is 16.4 Å². The maximum Gasteiger partial charge on any atom is 0.250 e. The molecule has 0 aliphatic rings. The first-order chi connectivity index (χ1) is 8.32. The van der Waals surface area contributed by atoms with Crippen molar-refractivity contribution in [1.82, 2.24) is 0 Å². The number of rotatable bonds is 5. The number of aliphatic hydroxyl groups excluding tert-OH is 1. The van der Waals surface area contributed by atoms with Gasteiger partial charge in [-0.1, -0.05) is 11.6 Å². The number of halogens is 1. The molecular weight excluding hydrogens is 254 g/mol. The van der Waals surface area contributed by atoms with Gasteiger partial charge < -0.3 is 21.5 Å². The van der Waals surface area contributed by atoms with E-state index >= 15 is 0 Å². The molecule has 1 unspecified atom stereocenters. The average molecular weight is 272 g/mol. The summed E-state index contributed by atoms with van der Waals surface area (Å²) in [6, 6.07) is 3.07. The van der Waals surface area contributed by atoms with Crippen molar-refractivity contribution in [1.29, 1.82) is 0 Å². The summed E-state index contributed by atoms with van der Waals surface area (Å²) in [6.45, 7) is 2.26. The van der Waals surface area contributed by atoms with Crippen molar-refractivity contribution in [3.8, 4) is 0 Å². The van der Waals surface area contributed by atoms with Crippen LogP contribution in [0.4, 0.5) is 11.4 Å². The summed E-state index contributed by atoms with van der Waals surface area (Å²) in [4.78, 5) is 13.2. The highest BCUT2D eigenvalue weighted by molar-refractivity contribution is 6.34. The van der Waals surface area contributed by atoms with E-state index in [1.54, 1.807) is 24.9 Å². The number of nitrogens with zero attached hydrogens (tertiary/aromatic N) is 1. The van der Waals surface area contributed by atoms with E-state index in [2.05, 4.69) is 0 Å². The van der Waals surface area contributed by atoms with Crippen LogP contribution in [0.1, 0.15) is 23.7 Å². The Bertz CT molecular complexity index is 449.